The third-order valence-corrected chi connectivity index (χ3v) is 2.11. The van der Waals surface area contributed by atoms with E-state index in [1.54, 1.807) is 12.1 Å². The summed E-state index contributed by atoms with van der Waals surface area (Å²) in [6, 6.07) is 7.21. The lowest BCUT2D eigenvalue weighted by atomic mass is 10.1. The summed E-state index contributed by atoms with van der Waals surface area (Å²) in [7, 11) is 0. The number of carbonyl (C=O) groups excluding carboxylic acids is 1. The van der Waals surface area contributed by atoms with Crippen LogP contribution in [0.25, 0.3) is 0 Å². The van der Waals surface area contributed by atoms with Crippen molar-refractivity contribution >= 4 is 6.09 Å². The Bertz CT molecular complexity index is 389. The van der Waals surface area contributed by atoms with Crippen molar-refractivity contribution in [2.45, 2.75) is 6.10 Å². The van der Waals surface area contributed by atoms with Gasteiger partial charge in [-0.1, -0.05) is 18.1 Å². The molecule has 0 bridgehead atoms. The van der Waals surface area contributed by atoms with Gasteiger partial charge < -0.3 is 10.1 Å². The molecule has 1 fully saturated rings. The maximum atomic E-state index is 10.8. The molecule has 2 rings (SSSR count). The Hall–Kier alpha value is -1.95. The van der Waals surface area contributed by atoms with Gasteiger partial charge in [-0.15, -0.1) is 0 Å². The van der Waals surface area contributed by atoms with Crippen LogP contribution in [0.1, 0.15) is 17.2 Å². The second kappa shape index (κ2) is 3.43. The van der Waals surface area contributed by atoms with Gasteiger partial charge in [0.2, 0.25) is 0 Å². The van der Waals surface area contributed by atoms with E-state index < -0.39 is 0 Å². The van der Waals surface area contributed by atoms with Gasteiger partial charge in [0.05, 0.1) is 6.54 Å². The molecule has 1 heterocycles. The summed E-state index contributed by atoms with van der Waals surface area (Å²) in [6.45, 7) is 0.506. The molecule has 1 aromatic carbocycles. The molecule has 14 heavy (non-hydrogen) atoms. The maximum absolute atomic E-state index is 10.8. The Morgan fingerprint density at radius 3 is 2.64 bits per heavy atom. The van der Waals surface area contributed by atoms with Crippen LogP contribution in [-0.2, 0) is 4.74 Å². The number of hydrogen-bond acceptors (Lipinski definition) is 2. The molecule has 1 aliphatic heterocycles. The van der Waals surface area contributed by atoms with Gasteiger partial charge in [0.25, 0.3) is 0 Å². The summed E-state index contributed by atoms with van der Waals surface area (Å²) in [5.41, 5.74) is 1.65. The molecule has 1 N–H and O–H groups in total. The average molecular weight is 186 g/mol. The van der Waals surface area contributed by atoms with Crippen molar-refractivity contribution in [3.8, 4) is 5.92 Å². The van der Waals surface area contributed by atoms with Crippen molar-refractivity contribution in [1.82, 2.24) is 5.32 Å². The highest BCUT2D eigenvalue weighted by Crippen LogP contribution is 2.20. The summed E-state index contributed by atoms with van der Waals surface area (Å²) in [5, 5.41) is 2.58. The fourth-order valence-corrected chi connectivity index (χ4v) is 1.36. The van der Waals surface area contributed by atoms with Crippen LogP contribution in [0, 0.1) is 12.3 Å². The lowest BCUT2D eigenvalue weighted by Gasteiger charge is -2.07. The first kappa shape index (κ1) is 8.64. The molecule has 3 nitrogen and oxygen atoms in total. The number of alkyl carbamates (subject to hydrolysis) is 1. The second-order valence-corrected chi connectivity index (χ2v) is 3.02. The molecule has 1 aromatic rings. The minimum absolute atomic E-state index is 0.206. The fourth-order valence-electron chi connectivity index (χ4n) is 1.36. The van der Waals surface area contributed by atoms with Crippen LogP contribution in [0.5, 0.6) is 0 Å². The molecule has 0 aromatic heterocycles. The Morgan fingerprint density at radius 2 is 2.14 bits per heavy atom. The van der Waals surface area contributed by atoms with Gasteiger partial charge in [-0.05, 0) is 24.1 Å². The third kappa shape index (κ3) is 1.55. The van der Waals surface area contributed by atoms with Crippen molar-refractivity contribution in [1.29, 1.82) is 0 Å². The Morgan fingerprint density at radius 1 is 1.43 bits per heavy atom. The number of cyclic esters (lactones) is 1. The molecule has 3 heteroatoms. The van der Waals surface area contributed by atoms with Gasteiger partial charge in [0.1, 0.15) is 6.10 Å². The van der Waals surface area contributed by atoms with Gasteiger partial charge in [0.15, 0.2) is 0 Å². The van der Waals surface area contributed by atoms with Gasteiger partial charge in [0, 0.05) is 5.56 Å². The van der Waals surface area contributed by atoms with Gasteiger partial charge >= 0.3 is 6.09 Å². The molecule has 1 radical (unpaired) electrons. The van der Waals surface area contributed by atoms with Crippen LogP contribution < -0.4 is 5.32 Å². The zero-order valence-corrected chi connectivity index (χ0v) is 7.41. The zero-order valence-electron chi connectivity index (χ0n) is 7.41. The van der Waals surface area contributed by atoms with E-state index in [2.05, 4.69) is 11.2 Å². The molecule has 1 unspecified atom stereocenters. The minimum atomic E-state index is -0.377. The van der Waals surface area contributed by atoms with Crippen molar-refractivity contribution in [2.24, 2.45) is 0 Å². The predicted molar refractivity (Wildman–Crippen MR) is 49.9 cm³/mol. The monoisotopic (exact) mass is 186 g/mol. The molecule has 1 aliphatic rings. The summed E-state index contributed by atoms with van der Waals surface area (Å²) < 4.78 is 5.00. The zero-order chi connectivity index (χ0) is 9.97. The van der Waals surface area contributed by atoms with E-state index in [1.165, 1.54) is 0 Å². The average Bonchev–Trinajstić information content (AvgIpc) is 2.65. The normalized spacial score (nSPS) is 19.6. The van der Waals surface area contributed by atoms with Crippen molar-refractivity contribution in [3.05, 3.63) is 41.8 Å². The number of amides is 1. The van der Waals surface area contributed by atoms with Gasteiger partial charge in [-0.25, -0.2) is 4.79 Å². The molecule has 69 valence electrons. The lowest BCUT2D eigenvalue weighted by molar-refractivity contribution is 0.141. The fraction of sp³-hybridized carbons (Fsp3) is 0.182. The highest BCUT2D eigenvalue weighted by molar-refractivity contribution is 5.69. The van der Waals surface area contributed by atoms with Crippen LogP contribution >= 0.6 is 0 Å². The van der Waals surface area contributed by atoms with Crippen LogP contribution in [-0.4, -0.2) is 12.6 Å². The minimum Gasteiger partial charge on any atom is -0.439 e. The standard InChI is InChI=1S/C11H8NO2/c1-2-8-3-5-9(6-4-8)10-7-12-11(13)14-10/h3-6,10H,7H2,(H,12,13). The first-order valence-electron chi connectivity index (χ1n) is 4.27. The molecule has 0 aliphatic carbocycles. The first-order valence-corrected chi connectivity index (χ1v) is 4.27. The van der Waals surface area contributed by atoms with Crippen LogP contribution in [0.2, 0.25) is 0 Å². The number of hydrogen-bond donors (Lipinski definition) is 1. The quantitative estimate of drug-likeness (QED) is 0.673. The predicted octanol–water partition coefficient (Wildman–Crippen LogP) is 1.41. The van der Waals surface area contributed by atoms with E-state index in [9.17, 15) is 4.79 Å². The molecule has 1 atom stereocenters. The Labute approximate surface area is 82.1 Å². The van der Waals surface area contributed by atoms with E-state index in [1.807, 2.05) is 12.1 Å². The van der Waals surface area contributed by atoms with E-state index in [-0.39, 0.29) is 12.2 Å². The maximum Gasteiger partial charge on any atom is 0.407 e. The summed E-state index contributed by atoms with van der Waals surface area (Å²) in [5.74, 6) is 2.28. The van der Waals surface area contributed by atoms with E-state index in [4.69, 9.17) is 11.2 Å². The van der Waals surface area contributed by atoms with Crippen LogP contribution in [0.4, 0.5) is 4.79 Å². The van der Waals surface area contributed by atoms with E-state index in [0.29, 0.717) is 12.1 Å². The SMILES string of the molecule is [C]#Cc1ccc(C2CNC(=O)O2)cc1. The lowest BCUT2D eigenvalue weighted by Crippen LogP contribution is -2.12. The first-order chi connectivity index (χ1) is 6.79. The van der Waals surface area contributed by atoms with Gasteiger partial charge in [-0.3, -0.25) is 0 Å². The number of rotatable bonds is 1. The molecular formula is C11H8NO2. The van der Waals surface area contributed by atoms with Crippen molar-refractivity contribution in [3.63, 3.8) is 0 Å². The molecule has 1 amide bonds. The highest BCUT2D eigenvalue weighted by atomic mass is 16.6. The molecule has 1 saturated heterocycles. The summed E-state index contributed by atoms with van der Waals surface area (Å²) >= 11 is 0. The Balaban J connectivity index is 2.18. The van der Waals surface area contributed by atoms with E-state index >= 15 is 0 Å². The largest absolute Gasteiger partial charge is 0.439 e. The number of ether oxygens (including phenoxy) is 1. The number of benzene rings is 1. The van der Waals surface area contributed by atoms with Crippen molar-refractivity contribution in [2.75, 3.05) is 6.54 Å². The second-order valence-electron chi connectivity index (χ2n) is 3.02. The Kier molecular flexibility index (Phi) is 2.11. The topological polar surface area (TPSA) is 38.3 Å². The number of nitrogens with one attached hydrogen (secondary N) is 1. The van der Waals surface area contributed by atoms with Gasteiger partial charge in [-0.2, -0.15) is 0 Å². The third-order valence-electron chi connectivity index (χ3n) is 2.11. The molecule has 0 saturated carbocycles. The number of carbonyl (C=O) groups is 1. The molecule has 0 spiro atoms. The molecular weight excluding hydrogens is 178 g/mol. The van der Waals surface area contributed by atoms with Crippen LogP contribution in [0.3, 0.4) is 0 Å². The summed E-state index contributed by atoms with van der Waals surface area (Å²) in [6.07, 6.45) is 6.32. The summed E-state index contributed by atoms with van der Waals surface area (Å²) in [4.78, 5) is 10.8. The van der Waals surface area contributed by atoms with Crippen LogP contribution in [0.15, 0.2) is 24.3 Å². The van der Waals surface area contributed by atoms with Crippen molar-refractivity contribution < 1.29 is 9.53 Å². The van der Waals surface area contributed by atoms with E-state index in [0.717, 1.165) is 5.56 Å². The smallest absolute Gasteiger partial charge is 0.407 e. The highest BCUT2D eigenvalue weighted by Gasteiger charge is 2.23.